The normalized spacial score (nSPS) is 16.7. The lowest BCUT2D eigenvalue weighted by atomic mass is 10.2. The first kappa shape index (κ1) is 16.0. The fourth-order valence-electron chi connectivity index (χ4n) is 3.04. The maximum absolute atomic E-state index is 12.5. The molecule has 0 radical (unpaired) electrons. The van der Waals surface area contributed by atoms with Crippen LogP contribution in [0.2, 0.25) is 0 Å². The number of benzene rings is 1. The van der Waals surface area contributed by atoms with E-state index in [4.69, 9.17) is 5.26 Å². The van der Waals surface area contributed by atoms with Crippen LogP contribution in [-0.2, 0) is 11.2 Å². The lowest BCUT2D eigenvalue weighted by Gasteiger charge is -2.27. The number of rotatable bonds is 4. The third-order valence-electron chi connectivity index (χ3n) is 4.52. The van der Waals surface area contributed by atoms with Crippen molar-refractivity contribution < 1.29 is 4.79 Å². The third kappa shape index (κ3) is 3.54. The average molecular weight is 320 g/mol. The summed E-state index contributed by atoms with van der Waals surface area (Å²) in [6, 6.07) is 16.0. The van der Waals surface area contributed by atoms with Crippen LogP contribution in [-0.4, -0.2) is 42.0 Å². The Morgan fingerprint density at radius 3 is 2.79 bits per heavy atom. The van der Waals surface area contributed by atoms with Gasteiger partial charge in [-0.1, -0.05) is 24.3 Å². The van der Waals surface area contributed by atoms with Gasteiger partial charge in [0, 0.05) is 38.1 Å². The quantitative estimate of drug-likeness (QED) is 0.867. The average Bonchev–Trinajstić information content (AvgIpc) is 3.13. The van der Waals surface area contributed by atoms with Gasteiger partial charge in [0.05, 0.1) is 6.42 Å². The maximum atomic E-state index is 12.5. The Morgan fingerprint density at radius 2 is 2.12 bits per heavy atom. The molecule has 122 valence electrons. The van der Waals surface area contributed by atoms with Gasteiger partial charge in [0.15, 0.2) is 0 Å². The van der Waals surface area contributed by atoms with Crippen molar-refractivity contribution in [2.45, 2.75) is 18.9 Å². The van der Waals surface area contributed by atoms with Crippen LogP contribution >= 0.6 is 0 Å². The van der Waals surface area contributed by atoms with Crippen molar-refractivity contribution in [2.75, 3.05) is 25.0 Å². The van der Waals surface area contributed by atoms with Crippen molar-refractivity contribution in [3.05, 3.63) is 59.9 Å². The molecule has 5 nitrogen and oxygen atoms in total. The van der Waals surface area contributed by atoms with E-state index in [1.165, 1.54) is 5.69 Å². The number of anilines is 1. The number of carbonyl (C=O) groups is 1. The molecule has 1 unspecified atom stereocenters. The van der Waals surface area contributed by atoms with Gasteiger partial charge >= 0.3 is 0 Å². The number of amides is 1. The second-order valence-corrected chi connectivity index (χ2v) is 6.07. The van der Waals surface area contributed by atoms with Crippen molar-refractivity contribution in [2.24, 2.45) is 0 Å². The maximum Gasteiger partial charge on any atom is 0.227 e. The Kier molecular flexibility index (Phi) is 4.76. The molecule has 1 fully saturated rings. The van der Waals surface area contributed by atoms with Gasteiger partial charge in [-0.2, -0.15) is 5.26 Å². The van der Waals surface area contributed by atoms with Gasteiger partial charge in [0.25, 0.3) is 0 Å². The van der Waals surface area contributed by atoms with Crippen molar-refractivity contribution in [3.63, 3.8) is 0 Å². The topological polar surface area (TPSA) is 60.2 Å². The van der Waals surface area contributed by atoms with Crippen molar-refractivity contribution in [3.8, 4) is 6.07 Å². The highest BCUT2D eigenvalue weighted by Crippen LogP contribution is 2.21. The summed E-state index contributed by atoms with van der Waals surface area (Å²) < 4.78 is 0. The third-order valence-corrected chi connectivity index (χ3v) is 4.52. The van der Waals surface area contributed by atoms with Gasteiger partial charge in [-0.05, 0) is 30.2 Å². The standard InChI is InChI=1S/C19H20N4O/c1-22(17-5-3-2-4-6-17)18-9-10-23(14-18)19(24)11-15-7-8-16(12-20)21-13-15/h2-8,13,18H,9-11,14H2,1H3. The molecule has 1 atom stereocenters. The number of pyridine rings is 1. The molecule has 0 spiro atoms. The Hall–Kier alpha value is -2.87. The summed E-state index contributed by atoms with van der Waals surface area (Å²) in [4.78, 5) is 20.7. The first-order valence-electron chi connectivity index (χ1n) is 8.08. The fourth-order valence-corrected chi connectivity index (χ4v) is 3.04. The highest BCUT2D eigenvalue weighted by atomic mass is 16.2. The Morgan fingerprint density at radius 1 is 1.33 bits per heavy atom. The van der Waals surface area contributed by atoms with Crippen LogP contribution in [0.5, 0.6) is 0 Å². The van der Waals surface area contributed by atoms with Gasteiger partial charge in [-0.25, -0.2) is 4.98 Å². The number of hydrogen-bond acceptors (Lipinski definition) is 4. The molecule has 2 aromatic rings. The monoisotopic (exact) mass is 320 g/mol. The van der Waals surface area contributed by atoms with Crippen molar-refractivity contribution in [1.82, 2.24) is 9.88 Å². The van der Waals surface area contributed by atoms with Crippen molar-refractivity contribution in [1.29, 1.82) is 5.26 Å². The SMILES string of the molecule is CN(c1ccccc1)C1CCN(C(=O)Cc2ccc(C#N)nc2)C1. The molecular weight excluding hydrogens is 300 g/mol. The molecule has 1 aromatic heterocycles. The molecule has 24 heavy (non-hydrogen) atoms. The second kappa shape index (κ2) is 7.14. The van der Waals surface area contributed by atoms with Crippen LogP contribution in [0, 0.1) is 11.3 Å². The highest BCUT2D eigenvalue weighted by Gasteiger charge is 2.28. The van der Waals surface area contributed by atoms with Crippen LogP contribution in [0.15, 0.2) is 48.7 Å². The van der Waals surface area contributed by atoms with E-state index in [0.717, 1.165) is 25.1 Å². The van der Waals surface area contributed by atoms with E-state index in [-0.39, 0.29) is 5.91 Å². The molecule has 1 aliphatic heterocycles. The zero-order valence-corrected chi connectivity index (χ0v) is 13.7. The summed E-state index contributed by atoms with van der Waals surface area (Å²) in [7, 11) is 2.08. The Bertz CT molecular complexity index is 736. The first-order chi connectivity index (χ1) is 11.7. The van der Waals surface area contributed by atoms with E-state index in [9.17, 15) is 4.79 Å². The van der Waals surface area contributed by atoms with Gasteiger partial charge < -0.3 is 9.80 Å². The molecular formula is C19H20N4O. The van der Waals surface area contributed by atoms with Gasteiger partial charge in [-0.3, -0.25) is 4.79 Å². The molecule has 2 heterocycles. The zero-order valence-electron chi connectivity index (χ0n) is 13.7. The van der Waals surface area contributed by atoms with E-state index >= 15 is 0 Å². The summed E-state index contributed by atoms with van der Waals surface area (Å²) in [6.45, 7) is 1.53. The summed E-state index contributed by atoms with van der Waals surface area (Å²) >= 11 is 0. The molecule has 0 saturated carbocycles. The van der Waals surface area contributed by atoms with E-state index in [1.807, 2.05) is 29.2 Å². The summed E-state index contributed by atoms with van der Waals surface area (Å²) in [6.07, 6.45) is 2.92. The Labute approximate surface area is 142 Å². The largest absolute Gasteiger partial charge is 0.370 e. The minimum atomic E-state index is 0.116. The fraction of sp³-hybridized carbons (Fsp3) is 0.316. The molecule has 3 rings (SSSR count). The number of para-hydroxylation sites is 1. The second-order valence-electron chi connectivity index (χ2n) is 6.07. The lowest BCUT2D eigenvalue weighted by Crippen LogP contribution is -2.37. The minimum Gasteiger partial charge on any atom is -0.370 e. The summed E-state index contributed by atoms with van der Waals surface area (Å²) in [5.74, 6) is 0.116. The predicted octanol–water partition coefficient (Wildman–Crippen LogP) is 2.23. The zero-order chi connectivity index (χ0) is 16.9. The van der Waals surface area contributed by atoms with E-state index in [2.05, 4.69) is 29.1 Å². The number of hydrogen-bond donors (Lipinski definition) is 0. The number of aromatic nitrogens is 1. The van der Waals surface area contributed by atoms with Crippen LogP contribution in [0.4, 0.5) is 5.69 Å². The molecule has 0 N–H and O–H groups in total. The van der Waals surface area contributed by atoms with E-state index in [0.29, 0.717) is 18.2 Å². The molecule has 0 aliphatic carbocycles. The number of likely N-dealkylation sites (tertiary alicyclic amines) is 1. The highest BCUT2D eigenvalue weighted by molar-refractivity contribution is 5.79. The van der Waals surface area contributed by atoms with Gasteiger partial charge in [-0.15, -0.1) is 0 Å². The van der Waals surface area contributed by atoms with Crippen molar-refractivity contribution >= 4 is 11.6 Å². The van der Waals surface area contributed by atoms with Crippen LogP contribution in [0.3, 0.4) is 0 Å². The number of carbonyl (C=O) groups excluding carboxylic acids is 1. The van der Waals surface area contributed by atoms with Gasteiger partial charge in [0.2, 0.25) is 5.91 Å². The molecule has 1 aromatic carbocycles. The van der Waals surface area contributed by atoms with Crippen LogP contribution < -0.4 is 4.90 Å². The smallest absolute Gasteiger partial charge is 0.227 e. The summed E-state index contributed by atoms with van der Waals surface area (Å²) in [5, 5.41) is 8.77. The number of nitrogens with zero attached hydrogens (tertiary/aromatic N) is 4. The molecule has 5 heteroatoms. The summed E-state index contributed by atoms with van der Waals surface area (Å²) in [5.41, 5.74) is 2.39. The molecule has 1 amide bonds. The minimum absolute atomic E-state index is 0.116. The van der Waals surface area contributed by atoms with E-state index in [1.54, 1.807) is 18.3 Å². The van der Waals surface area contributed by atoms with Gasteiger partial charge in [0.1, 0.15) is 11.8 Å². The predicted molar refractivity (Wildman–Crippen MR) is 92.5 cm³/mol. The van der Waals surface area contributed by atoms with Crippen LogP contribution in [0.25, 0.3) is 0 Å². The lowest BCUT2D eigenvalue weighted by molar-refractivity contribution is -0.129. The van der Waals surface area contributed by atoms with E-state index < -0.39 is 0 Å². The van der Waals surface area contributed by atoms with Crippen LogP contribution in [0.1, 0.15) is 17.7 Å². The molecule has 0 bridgehead atoms. The molecule has 1 saturated heterocycles. The first-order valence-corrected chi connectivity index (χ1v) is 8.08. The molecule has 1 aliphatic rings. The Balaban J connectivity index is 1.58. The number of nitriles is 1. The number of likely N-dealkylation sites (N-methyl/N-ethyl adjacent to an activating group) is 1.